The molecule has 1 nitrogen and oxygen atoms in total. The standard InChI is InChI=1S/C23H33N/c1-9-16(4)23(20(8)24)19(7)22-13-12-21(14-18(22)6)17(5)11-10-15(2)3/h9-14,19H,24H2,1-8H3/b16-9-,17-11+,23-20-. The summed E-state index contributed by atoms with van der Waals surface area (Å²) in [5, 5.41) is 0. The minimum absolute atomic E-state index is 0.294. The van der Waals surface area contributed by atoms with Gasteiger partial charge in [-0.15, -0.1) is 0 Å². The highest BCUT2D eigenvalue weighted by atomic mass is 14.6. The Kier molecular flexibility index (Phi) is 7.28. The van der Waals surface area contributed by atoms with Gasteiger partial charge in [-0.05, 0) is 81.9 Å². The van der Waals surface area contributed by atoms with Crippen molar-refractivity contribution >= 4 is 5.57 Å². The summed E-state index contributed by atoms with van der Waals surface area (Å²) >= 11 is 0. The fourth-order valence-electron chi connectivity index (χ4n) is 3.10. The fraction of sp³-hybridized carbons (Fsp3) is 0.391. The molecule has 1 aromatic carbocycles. The van der Waals surface area contributed by atoms with Crippen LogP contribution in [0.15, 0.2) is 58.8 Å². The van der Waals surface area contributed by atoms with Gasteiger partial charge in [-0.25, -0.2) is 0 Å². The van der Waals surface area contributed by atoms with Gasteiger partial charge in [0.15, 0.2) is 0 Å². The summed E-state index contributed by atoms with van der Waals surface area (Å²) in [5.74, 6) is 0.294. The number of allylic oxidation sites excluding steroid dienone is 8. The molecule has 1 unspecified atom stereocenters. The number of rotatable bonds is 5. The SMILES string of the molecule is C/C=C(C)\C(=C(/C)N)C(C)c1ccc(/C(C)=C/C=C(C)C)cc1C. The zero-order valence-electron chi connectivity index (χ0n) is 16.6. The summed E-state index contributed by atoms with van der Waals surface area (Å²) < 4.78 is 0. The van der Waals surface area contributed by atoms with Crippen LogP contribution < -0.4 is 5.73 Å². The molecule has 0 spiro atoms. The van der Waals surface area contributed by atoms with Gasteiger partial charge in [0.05, 0.1) is 0 Å². The van der Waals surface area contributed by atoms with Gasteiger partial charge in [-0.2, -0.15) is 0 Å². The van der Waals surface area contributed by atoms with Crippen molar-refractivity contribution in [3.63, 3.8) is 0 Å². The maximum absolute atomic E-state index is 6.17. The molecule has 0 heterocycles. The highest BCUT2D eigenvalue weighted by molar-refractivity contribution is 5.66. The van der Waals surface area contributed by atoms with E-state index in [1.807, 2.05) is 6.92 Å². The van der Waals surface area contributed by atoms with Crippen molar-refractivity contribution in [3.8, 4) is 0 Å². The van der Waals surface area contributed by atoms with Crippen molar-refractivity contribution in [3.05, 3.63) is 75.5 Å². The molecule has 1 rings (SSSR count). The van der Waals surface area contributed by atoms with Gasteiger partial charge in [-0.3, -0.25) is 0 Å². The first kappa shape index (κ1) is 20.0. The predicted octanol–water partition coefficient (Wildman–Crippen LogP) is 6.67. The third kappa shape index (κ3) is 4.99. The highest BCUT2D eigenvalue weighted by Gasteiger charge is 2.17. The van der Waals surface area contributed by atoms with Crippen molar-refractivity contribution in [2.75, 3.05) is 0 Å². The lowest BCUT2D eigenvalue weighted by atomic mass is 9.84. The molecule has 2 N–H and O–H groups in total. The fourth-order valence-corrected chi connectivity index (χ4v) is 3.10. The van der Waals surface area contributed by atoms with E-state index >= 15 is 0 Å². The van der Waals surface area contributed by atoms with E-state index < -0.39 is 0 Å². The van der Waals surface area contributed by atoms with E-state index in [0.29, 0.717) is 5.92 Å². The highest BCUT2D eigenvalue weighted by Crippen LogP contribution is 2.33. The lowest BCUT2D eigenvalue weighted by molar-refractivity contribution is 0.868. The number of aryl methyl sites for hydroxylation is 1. The zero-order chi connectivity index (χ0) is 18.4. The van der Waals surface area contributed by atoms with E-state index in [4.69, 9.17) is 5.73 Å². The van der Waals surface area contributed by atoms with Crippen LogP contribution >= 0.6 is 0 Å². The Morgan fingerprint density at radius 2 is 1.67 bits per heavy atom. The lowest BCUT2D eigenvalue weighted by Crippen LogP contribution is -2.08. The maximum atomic E-state index is 6.17. The summed E-state index contributed by atoms with van der Waals surface area (Å²) in [5.41, 5.74) is 16.1. The van der Waals surface area contributed by atoms with E-state index in [9.17, 15) is 0 Å². The molecule has 0 aliphatic carbocycles. The molecule has 130 valence electrons. The molecular formula is C23H33N. The summed E-state index contributed by atoms with van der Waals surface area (Å²) in [6.07, 6.45) is 6.49. The third-order valence-corrected chi connectivity index (χ3v) is 4.57. The van der Waals surface area contributed by atoms with E-state index in [1.54, 1.807) is 0 Å². The maximum Gasteiger partial charge on any atom is 0.00901 e. The molecule has 1 atom stereocenters. The Balaban J connectivity index is 3.28. The Labute approximate surface area is 148 Å². The van der Waals surface area contributed by atoms with Gasteiger partial charge >= 0.3 is 0 Å². The van der Waals surface area contributed by atoms with Crippen LogP contribution in [0.5, 0.6) is 0 Å². The lowest BCUT2D eigenvalue weighted by Gasteiger charge is -2.21. The second kappa shape index (κ2) is 8.73. The molecule has 0 amide bonds. The van der Waals surface area contributed by atoms with E-state index in [-0.39, 0.29) is 0 Å². The van der Waals surface area contributed by atoms with Gasteiger partial charge < -0.3 is 5.73 Å². The summed E-state index contributed by atoms with van der Waals surface area (Å²) in [6.45, 7) is 17.0. The third-order valence-electron chi connectivity index (χ3n) is 4.57. The van der Waals surface area contributed by atoms with Gasteiger partial charge in [0.1, 0.15) is 0 Å². The van der Waals surface area contributed by atoms with Crippen LogP contribution in [0.3, 0.4) is 0 Å². The van der Waals surface area contributed by atoms with Crippen LogP contribution in [0.4, 0.5) is 0 Å². The first-order valence-corrected chi connectivity index (χ1v) is 8.71. The molecule has 0 fully saturated rings. The molecule has 24 heavy (non-hydrogen) atoms. The normalized spacial score (nSPS) is 15.0. The van der Waals surface area contributed by atoms with Crippen molar-refractivity contribution in [1.29, 1.82) is 0 Å². The van der Waals surface area contributed by atoms with Crippen molar-refractivity contribution in [2.24, 2.45) is 5.73 Å². The number of hydrogen-bond acceptors (Lipinski definition) is 1. The van der Waals surface area contributed by atoms with Gasteiger partial charge in [0.25, 0.3) is 0 Å². The van der Waals surface area contributed by atoms with Crippen LogP contribution in [-0.4, -0.2) is 0 Å². The summed E-state index contributed by atoms with van der Waals surface area (Å²) in [7, 11) is 0. The van der Waals surface area contributed by atoms with E-state index in [0.717, 1.165) is 5.70 Å². The second-order valence-electron chi connectivity index (χ2n) is 6.96. The Hall–Kier alpha value is -2.02. The molecule has 0 bridgehead atoms. The minimum Gasteiger partial charge on any atom is -0.402 e. The summed E-state index contributed by atoms with van der Waals surface area (Å²) in [6, 6.07) is 6.75. The molecule has 0 saturated heterocycles. The van der Waals surface area contributed by atoms with Gasteiger partial charge in [0, 0.05) is 11.6 Å². The first-order valence-electron chi connectivity index (χ1n) is 8.71. The largest absolute Gasteiger partial charge is 0.402 e. The van der Waals surface area contributed by atoms with Crippen LogP contribution in [0.1, 0.15) is 71.1 Å². The minimum atomic E-state index is 0.294. The van der Waals surface area contributed by atoms with Crippen molar-refractivity contribution < 1.29 is 0 Å². The molecule has 0 saturated carbocycles. The molecule has 0 radical (unpaired) electrons. The molecule has 0 aromatic heterocycles. The molecular weight excluding hydrogens is 290 g/mol. The second-order valence-corrected chi connectivity index (χ2v) is 6.96. The smallest absolute Gasteiger partial charge is 0.00901 e. The predicted molar refractivity (Wildman–Crippen MR) is 109 cm³/mol. The van der Waals surface area contributed by atoms with E-state index in [2.05, 4.69) is 84.9 Å². The topological polar surface area (TPSA) is 26.0 Å². The zero-order valence-corrected chi connectivity index (χ0v) is 16.6. The van der Waals surface area contributed by atoms with Crippen LogP contribution in [-0.2, 0) is 0 Å². The van der Waals surface area contributed by atoms with Gasteiger partial charge in [-0.1, -0.05) is 48.9 Å². The van der Waals surface area contributed by atoms with Crippen LogP contribution in [0.25, 0.3) is 5.57 Å². The molecule has 0 aliphatic rings. The van der Waals surface area contributed by atoms with Crippen LogP contribution in [0.2, 0.25) is 0 Å². The Morgan fingerprint density at radius 3 is 2.12 bits per heavy atom. The van der Waals surface area contributed by atoms with Crippen LogP contribution in [0, 0.1) is 6.92 Å². The van der Waals surface area contributed by atoms with Crippen molar-refractivity contribution in [1.82, 2.24) is 0 Å². The van der Waals surface area contributed by atoms with E-state index in [1.165, 1.54) is 39.0 Å². The number of hydrogen-bond donors (Lipinski definition) is 1. The molecule has 1 heteroatoms. The Bertz CT molecular complexity index is 704. The average Bonchev–Trinajstić information content (AvgIpc) is 2.51. The van der Waals surface area contributed by atoms with Crippen molar-refractivity contribution in [2.45, 2.75) is 61.3 Å². The van der Waals surface area contributed by atoms with Gasteiger partial charge in [0.2, 0.25) is 0 Å². The first-order chi connectivity index (χ1) is 11.2. The number of nitrogens with two attached hydrogens (primary N) is 1. The quantitative estimate of drug-likeness (QED) is 0.602. The molecule has 0 aliphatic heterocycles. The average molecular weight is 324 g/mol. The Morgan fingerprint density at radius 1 is 1.04 bits per heavy atom. The summed E-state index contributed by atoms with van der Waals surface area (Å²) in [4.78, 5) is 0. The monoisotopic (exact) mass is 323 g/mol. The number of benzene rings is 1. The molecule has 1 aromatic rings.